The molecule has 1 heterocycles. The topological polar surface area (TPSA) is 22.3 Å². The molecule has 0 saturated heterocycles. The first-order chi connectivity index (χ1) is 13.3. The monoisotopic (exact) mass is 362 g/mol. The van der Waals surface area contributed by atoms with Crippen LogP contribution in [0, 0.1) is 0 Å². The first kappa shape index (κ1) is 19.0. The van der Waals surface area contributed by atoms with Gasteiger partial charge < -0.3 is 9.47 Å². The van der Waals surface area contributed by atoms with Gasteiger partial charge in [-0.15, -0.1) is 0 Å². The Bertz CT molecular complexity index is 783. The van der Waals surface area contributed by atoms with E-state index in [-0.39, 0.29) is 0 Å². The van der Waals surface area contributed by atoms with E-state index in [1.807, 2.05) is 30.3 Å². The van der Waals surface area contributed by atoms with E-state index in [1.54, 1.807) is 0 Å². The van der Waals surface area contributed by atoms with Gasteiger partial charge in [0, 0.05) is 18.6 Å². The van der Waals surface area contributed by atoms with Crippen molar-refractivity contribution in [2.45, 2.75) is 32.7 Å². The maximum Gasteiger partial charge on any atom is 0.169 e. The standard InChI is InChI=1S/C24H28NO2/c1-2-3-19-26-23-10-12-24(13-11-23)27-20-7-16-25-17-14-22(15-18-25)21-8-5-4-6-9-21/h4-6,8-15,17-18H,2-3,7,16,19-20H2,1H3/q+1. The molecule has 27 heavy (non-hydrogen) atoms. The number of hydrogen-bond acceptors (Lipinski definition) is 2. The van der Waals surface area contributed by atoms with Crippen LogP contribution >= 0.6 is 0 Å². The molecule has 0 aliphatic carbocycles. The number of rotatable bonds is 10. The molecule has 2 aromatic carbocycles. The summed E-state index contributed by atoms with van der Waals surface area (Å²) in [5.74, 6) is 1.80. The van der Waals surface area contributed by atoms with Gasteiger partial charge in [0.15, 0.2) is 18.9 Å². The molecule has 0 saturated carbocycles. The minimum atomic E-state index is 0.698. The fourth-order valence-corrected chi connectivity index (χ4v) is 2.83. The largest absolute Gasteiger partial charge is 0.494 e. The molecule has 1 aromatic heterocycles. The zero-order valence-corrected chi connectivity index (χ0v) is 16.0. The lowest BCUT2D eigenvalue weighted by Crippen LogP contribution is -2.33. The van der Waals surface area contributed by atoms with E-state index < -0.39 is 0 Å². The third-order valence-electron chi connectivity index (χ3n) is 4.42. The predicted molar refractivity (Wildman–Crippen MR) is 109 cm³/mol. The van der Waals surface area contributed by atoms with E-state index in [9.17, 15) is 0 Å². The van der Waals surface area contributed by atoms with Crippen molar-refractivity contribution in [3.05, 3.63) is 79.1 Å². The van der Waals surface area contributed by atoms with Crippen LogP contribution in [0.1, 0.15) is 26.2 Å². The number of aromatic nitrogens is 1. The fraction of sp³-hybridized carbons (Fsp3) is 0.292. The number of ether oxygens (including phenoxy) is 2. The molecule has 3 rings (SSSR count). The van der Waals surface area contributed by atoms with Gasteiger partial charge in [-0.2, -0.15) is 0 Å². The van der Waals surface area contributed by atoms with Crippen LogP contribution in [-0.4, -0.2) is 13.2 Å². The van der Waals surface area contributed by atoms with Crippen LogP contribution < -0.4 is 14.0 Å². The lowest BCUT2D eigenvalue weighted by Gasteiger charge is -2.08. The lowest BCUT2D eigenvalue weighted by atomic mass is 10.1. The molecule has 0 fully saturated rings. The summed E-state index contributed by atoms with van der Waals surface area (Å²) in [7, 11) is 0. The number of pyridine rings is 1. The Hall–Kier alpha value is -2.81. The summed E-state index contributed by atoms with van der Waals surface area (Å²) in [6.07, 6.45) is 7.45. The van der Waals surface area contributed by atoms with Gasteiger partial charge in [0.1, 0.15) is 11.5 Å². The molecule has 3 nitrogen and oxygen atoms in total. The second-order valence-corrected chi connectivity index (χ2v) is 6.57. The highest BCUT2D eigenvalue weighted by molar-refractivity contribution is 5.61. The summed E-state index contributed by atoms with van der Waals surface area (Å²) in [6, 6.07) is 22.7. The van der Waals surface area contributed by atoms with Gasteiger partial charge in [-0.05, 0) is 41.8 Å². The molecule has 0 aliphatic heterocycles. The Kier molecular flexibility index (Phi) is 7.28. The highest BCUT2D eigenvalue weighted by atomic mass is 16.5. The molecule has 0 N–H and O–H groups in total. The average molecular weight is 362 g/mol. The molecule has 0 atom stereocenters. The van der Waals surface area contributed by atoms with Crippen molar-refractivity contribution in [1.29, 1.82) is 0 Å². The van der Waals surface area contributed by atoms with Gasteiger partial charge in [-0.25, -0.2) is 4.57 Å². The van der Waals surface area contributed by atoms with E-state index in [4.69, 9.17) is 9.47 Å². The molecular formula is C24H28NO2+. The number of benzene rings is 2. The molecule has 0 spiro atoms. The Morgan fingerprint density at radius 3 is 1.81 bits per heavy atom. The van der Waals surface area contributed by atoms with Crippen LogP contribution in [0.5, 0.6) is 11.5 Å². The van der Waals surface area contributed by atoms with Crippen LogP contribution in [0.25, 0.3) is 11.1 Å². The second-order valence-electron chi connectivity index (χ2n) is 6.57. The Morgan fingerprint density at radius 1 is 0.667 bits per heavy atom. The van der Waals surface area contributed by atoms with E-state index >= 15 is 0 Å². The van der Waals surface area contributed by atoms with Crippen LogP contribution in [-0.2, 0) is 6.54 Å². The normalized spacial score (nSPS) is 10.6. The third kappa shape index (κ3) is 6.14. The molecule has 0 aliphatic rings. The van der Waals surface area contributed by atoms with Crippen molar-refractivity contribution in [2.75, 3.05) is 13.2 Å². The maximum absolute atomic E-state index is 5.83. The summed E-state index contributed by atoms with van der Waals surface area (Å²) < 4.78 is 13.7. The van der Waals surface area contributed by atoms with E-state index in [0.717, 1.165) is 43.9 Å². The van der Waals surface area contributed by atoms with Crippen molar-refractivity contribution in [1.82, 2.24) is 0 Å². The molecule has 3 aromatic rings. The average Bonchev–Trinajstić information content (AvgIpc) is 2.73. The van der Waals surface area contributed by atoms with E-state index in [0.29, 0.717) is 6.61 Å². The van der Waals surface area contributed by atoms with Crippen molar-refractivity contribution in [3.8, 4) is 22.6 Å². The molecule has 0 radical (unpaired) electrons. The van der Waals surface area contributed by atoms with Crippen molar-refractivity contribution >= 4 is 0 Å². The third-order valence-corrected chi connectivity index (χ3v) is 4.42. The highest BCUT2D eigenvalue weighted by Gasteiger charge is 2.03. The van der Waals surface area contributed by atoms with E-state index in [1.165, 1.54) is 11.1 Å². The predicted octanol–water partition coefficient (Wildman–Crippen LogP) is 5.29. The lowest BCUT2D eigenvalue weighted by molar-refractivity contribution is -0.697. The van der Waals surface area contributed by atoms with Gasteiger partial charge in [0.2, 0.25) is 0 Å². The molecular weight excluding hydrogens is 334 g/mol. The van der Waals surface area contributed by atoms with Gasteiger partial charge in [0.25, 0.3) is 0 Å². The fourth-order valence-electron chi connectivity index (χ4n) is 2.83. The molecule has 3 heteroatoms. The Morgan fingerprint density at radius 2 is 1.22 bits per heavy atom. The van der Waals surface area contributed by atoms with Crippen molar-refractivity contribution in [3.63, 3.8) is 0 Å². The zero-order valence-electron chi connectivity index (χ0n) is 16.0. The SMILES string of the molecule is CCCCOc1ccc(OCCC[n+]2ccc(-c3ccccc3)cc2)cc1. The van der Waals surface area contributed by atoms with Gasteiger partial charge in [-0.3, -0.25) is 0 Å². The van der Waals surface area contributed by atoms with Gasteiger partial charge in [0.05, 0.1) is 13.2 Å². The number of hydrogen-bond donors (Lipinski definition) is 0. The van der Waals surface area contributed by atoms with E-state index in [2.05, 4.69) is 60.3 Å². The smallest absolute Gasteiger partial charge is 0.169 e. The maximum atomic E-state index is 5.83. The van der Waals surface area contributed by atoms with Crippen LogP contribution in [0.3, 0.4) is 0 Å². The van der Waals surface area contributed by atoms with Crippen molar-refractivity contribution < 1.29 is 14.0 Å². The molecule has 0 amide bonds. The zero-order chi connectivity index (χ0) is 18.7. The minimum absolute atomic E-state index is 0.698. The summed E-state index contributed by atoms with van der Waals surface area (Å²) in [4.78, 5) is 0. The first-order valence-corrected chi connectivity index (χ1v) is 9.75. The summed E-state index contributed by atoms with van der Waals surface area (Å²) in [5, 5.41) is 0. The Balaban J connectivity index is 1.40. The molecule has 140 valence electrons. The summed E-state index contributed by atoms with van der Waals surface area (Å²) >= 11 is 0. The van der Waals surface area contributed by atoms with Crippen LogP contribution in [0.4, 0.5) is 0 Å². The van der Waals surface area contributed by atoms with Crippen molar-refractivity contribution in [2.24, 2.45) is 0 Å². The second kappa shape index (κ2) is 10.4. The minimum Gasteiger partial charge on any atom is -0.494 e. The number of aryl methyl sites for hydroxylation is 1. The highest BCUT2D eigenvalue weighted by Crippen LogP contribution is 2.18. The van der Waals surface area contributed by atoms with Gasteiger partial charge in [-0.1, -0.05) is 43.7 Å². The summed E-state index contributed by atoms with van der Waals surface area (Å²) in [6.45, 7) is 4.57. The quantitative estimate of drug-likeness (QED) is 0.361. The Labute approximate surface area is 162 Å². The number of unbranched alkanes of at least 4 members (excludes halogenated alkanes) is 1. The van der Waals surface area contributed by atoms with Crippen LogP contribution in [0.15, 0.2) is 79.1 Å². The molecule has 0 bridgehead atoms. The molecule has 0 unspecified atom stereocenters. The number of nitrogens with zero attached hydrogens (tertiary/aromatic N) is 1. The summed E-state index contributed by atoms with van der Waals surface area (Å²) in [5.41, 5.74) is 2.49. The van der Waals surface area contributed by atoms with Crippen LogP contribution in [0.2, 0.25) is 0 Å². The first-order valence-electron chi connectivity index (χ1n) is 9.75. The van der Waals surface area contributed by atoms with Gasteiger partial charge >= 0.3 is 0 Å².